The number of hydrogen-bond donors (Lipinski definition) is 1. The summed E-state index contributed by atoms with van der Waals surface area (Å²) < 4.78 is 25.7. The van der Waals surface area contributed by atoms with Crippen molar-refractivity contribution < 1.29 is 13.3 Å². The van der Waals surface area contributed by atoms with Crippen LogP contribution in [0.15, 0.2) is 89.8 Å². The van der Waals surface area contributed by atoms with Crippen LogP contribution in [0, 0.1) is 10.1 Å². The molecule has 0 unspecified atom stereocenters. The third-order valence-corrected chi connectivity index (χ3v) is 4.94. The largest absolute Gasteiger partial charge is 0.289 e. The molecule has 0 atom stereocenters. The van der Waals surface area contributed by atoms with Crippen molar-refractivity contribution in [3.63, 3.8) is 0 Å². The molecular weight excluding hydrogens is 354 g/mol. The molecule has 132 valence electrons. The molecule has 1 N–H and O–H groups in total. The molecule has 0 heterocycles. The summed E-state index contributed by atoms with van der Waals surface area (Å²) in [7, 11) is -4.20. The van der Waals surface area contributed by atoms with Crippen LogP contribution in [-0.2, 0) is 10.0 Å². The molecule has 3 aromatic rings. The van der Waals surface area contributed by atoms with Crippen LogP contribution in [0.5, 0.6) is 0 Å². The lowest BCUT2D eigenvalue weighted by molar-refractivity contribution is -0.387. The highest BCUT2D eigenvalue weighted by atomic mass is 32.2. The topological polar surface area (TPSA) is 92.5 Å². The van der Waals surface area contributed by atoms with Gasteiger partial charge < -0.3 is 0 Å². The predicted molar refractivity (Wildman–Crippen MR) is 98.4 cm³/mol. The van der Waals surface area contributed by atoms with E-state index in [2.05, 4.69) is 4.83 Å². The van der Waals surface area contributed by atoms with Gasteiger partial charge in [0.2, 0.25) is 0 Å². The molecule has 0 bridgehead atoms. The zero-order valence-corrected chi connectivity index (χ0v) is 14.3. The molecule has 0 aliphatic heterocycles. The maximum atomic E-state index is 12.9. The Labute approximate surface area is 150 Å². The number of nitrogens with zero attached hydrogens (tertiary/aromatic N) is 2. The van der Waals surface area contributed by atoms with Gasteiger partial charge in [-0.05, 0) is 30.3 Å². The van der Waals surface area contributed by atoms with E-state index >= 15 is 0 Å². The lowest BCUT2D eigenvalue weighted by atomic mass is 10.2. The summed E-state index contributed by atoms with van der Waals surface area (Å²) in [4.78, 5) is 12.5. The van der Waals surface area contributed by atoms with E-state index in [1.807, 2.05) is 12.1 Å². The number of sulfonamides is 1. The fraction of sp³-hybridized carbons (Fsp3) is 0. The molecule has 0 aromatic heterocycles. The first-order valence-electron chi connectivity index (χ1n) is 7.65. The van der Waals surface area contributed by atoms with Gasteiger partial charge in [0.1, 0.15) is 0 Å². The monoisotopic (exact) mass is 369 g/mol. The van der Waals surface area contributed by atoms with Crippen molar-refractivity contribution >= 4 is 27.1 Å². The fourth-order valence-corrected chi connectivity index (χ4v) is 3.64. The van der Waals surface area contributed by atoms with Crippen LogP contribution < -0.4 is 9.84 Å². The summed E-state index contributed by atoms with van der Waals surface area (Å²) in [6.07, 6.45) is 0. The summed E-state index contributed by atoms with van der Waals surface area (Å²) >= 11 is 0. The second kappa shape index (κ2) is 7.34. The molecule has 3 aromatic carbocycles. The maximum Gasteiger partial charge on any atom is 0.289 e. The molecule has 26 heavy (non-hydrogen) atoms. The van der Waals surface area contributed by atoms with Crippen molar-refractivity contribution in [3.05, 3.63) is 95.0 Å². The number of nitro groups is 1. The van der Waals surface area contributed by atoms with Gasteiger partial charge in [0.25, 0.3) is 15.7 Å². The van der Waals surface area contributed by atoms with Gasteiger partial charge in [-0.15, -0.1) is 4.83 Å². The van der Waals surface area contributed by atoms with Crippen LogP contribution in [0.2, 0.25) is 0 Å². The number of hydrazine groups is 1. The first-order chi connectivity index (χ1) is 12.5. The van der Waals surface area contributed by atoms with E-state index in [1.54, 1.807) is 48.5 Å². The molecule has 0 aliphatic carbocycles. The molecule has 7 nitrogen and oxygen atoms in total. The van der Waals surface area contributed by atoms with Gasteiger partial charge in [0, 0.05) is 6.07 Å². The van der Waals surface area contributed by atoms with Crippen LogP contribution in [0.3, 0.4) is 0 Å². The van der Waals surface area contributed by atoms with E-state index in [9.17, 15) is 18.5 Å². The predicted octanol–water partition coefficient (Wildman–Crippen LogP) is 3.63. The average molecular weight is 369 g/mol. The lowest BCUT2D eigenvalue weighted by Gasteiger charge is -2.25. The van der Waals surface area contributed by atoms with Gasteiger partial charge >= 0.3 is 0 Å². The molecular formula is C18H15N3O4S. The SMILES string of the molecule is O=[N+]([O-])c1ccccc1S(=O)(=O)NN(c1ccccc1)c1ccccc1. The maximum absolute atomic E-state index is 12.9. The Hall–Kier alpha value is -3.23. The normalized spacial score (nSPS) is 11.1. The van der Waals surface area contributed by atoms with E-state index in [0.717, 1.165) is 6.07 Å². The van der Waals surface area contributed by atoms with Gasteiger partial charge in [-0.3, -0.25) is 15.1 Å². The Morgan fingerprint density at radius 1 is 0.769 bits per heavy atom. The molecule has 0 spiro atoms. The van der Waals surface area contributed by atoms with Gasteiger partial charge in [-0.2, -0.15) is 0 Å². The number of nitrogens with one attached hydrogen (secondary N) is 1. The van der Waals surface area contributed by atoms with Crippen LogP contribution in [0.1, 0.15) is 0 Å². The van der Waals surface area contributed by atoms with Gasteiger partial charge in [0.15, 0.2) is 4.90 Å². The molecule has 0 fully saturated rings. The van der Waals surface area contributed by atoms with Crippen LogP contribution >= 0.6 is 0 Å². The molecule has 0 aliphatic rings. The fourth-order valence-electron chi connectivity index (χ4n) is 2.41. The van der Waals surface area contributed by atoms with Crippen LogP contribution in [0.4, 0.5) is 17.1 Å². The van der Waals surface area contributed by atoms with E-state index in [1.165, 1.54) is 23.2 Å². The third-order valence-electron chi connectivity index (χ3n) is 3.59. The van der Waals surface area contributed by atoms with E-state index < -0.39 is 25.5 Å². The molecule has 0 saturated carbocycles. The summed E-state index contributed by atoms with van der Waals surface area (Å²) in [6.45, 7) is 0. The number of hydrogen-bond acceptors (Lipinski definition) is 5. The summed E-state index contributed by atoms with van der Waals surface area (Å²) in [5.41, 5.74) is 0.655. The van der Waals surface area contributed by atoms with Crippen molar-refractivity contribution in [1.29, 1.82) is 0 Å². The van der Waals surface area contributed by atoms with Crippen molar-refractivity contribution in [2.75, 3.05) is 5.01 Å². The smallest absolute Gasteiger partial charge is 0.263 e. The number of nitro benzene ring substituents is 1. The van der Waals surface area contributed by atoms with Crippen LogP contribution in [0.25, 0.3) is 0 Å². The second-order valence-electron chi connectivity index (χ2n) is 5.33. The third kappa shape index (κ3) is 3.71. The minimum absolute atomic E-state index is 0.401. The number of rotatable bonds is 6. The van der Waals surface area contributed by atoms with Gasteiger partial charge in [-0.25, -0.2) is 8.42 Å². The first kappa shape index (κ1) is 17.6. The molecule has 0 radical (unpaired) electrons. The van der Waals surface area contributed by atoms with E-state index in [0.29, 0.717) is 11.4 Å². The van der Waals surface area contributed by atoms with Crippen LogP contribution in [-0.4, -0.2) is 13.3 Å². The standard InChI is InChI=1S/C18H15N3O4S/c22-21(23)17-13-7-8-14-18(17)26(24,25)19-20(15-9-3-1-4-10-15)16-11-5-2-6-12-16/h1-14,19H. The van der Waals surface area contributed by atoms with E-state index in [-0.39, 0.29) is 0 Å². The number of anilines is 2. The van der Waals surface area contributed by atoms with Crippen molar-refractivity contribution in [3.8, 4) is 0 Å². The highest BCUT2D eigenvalue weighted by Gasteiger charge is 2.27. The average Bonchev–Trinajstić information content (AvgIpc) is 2.67. The van der Waals surface area contributed by atoms with Gasteiger partial charge in [0.05, 0.1) is 16.3 Å². The quantitative estimate of drug-likeness (QED) is 0.529. The molecule has 8 heteroatoms. The van der Waals surface area contributed by atoms with E-state index in [4.69, 9.17) is 0 Å². The molecule has 3 rings (SSSR count). The van der Waals surface area contributed by atoms with Gasteiger partial charge in [-0.1, -0.05) is 48.5 Å². The highest BCUT2D eigenvalue weighted by molar-refractivity contribution is 7.89. The second-order valence-corrected chi connectivity index (χ2v) is 6.96. The summed E-state index contributed by atoms with van der Waals surface area (Å²) in [5.74, 6) is 0. The Morgan fingerprint density at radius 2 is 1.23 bits per heavy atom. The first-order valence-corrected chi connectivity index (χ1v) is 9.13. The van der Waals surface area contributed by atoms with Crippen molar-refractivity contribution in [1.82, 2.24) is 4.83 Å². The Bertz CT molecular complexity index is 969. The zero-order valence-electron chi connectivity index (χ0n) is 13.5. The molecule has 0 amide bonds. The van der Waals surface area contributed by atoms with Crippen molar-refractivity contribution in [2.45, 2.75) is 4.90 Å². The number of para-hydroxylation sites is 3. The number of benzene rings is 3. The summed E-state index contributed by atoms with van der Waals surface area (Å²) in [5, 5.41) is 12.6. The Kier molecular flexibility index (Phi) is 4.97. The highest BCUT2D eigenvalue weighted by Crippen LogP contribution is 2.27. The lowest BCUT2D eigenvalue weighted by Crippen LogP contribution is -2.39. The zero-order chi connectivity index (χ0) is 18.6. The van der Waals surface area contributed by atoms with Crippen molar-refractivity contribution in [2.24, 2.45) is 0 Å². The minimum Gasteiger partial charge on any atom is -0.263 e. The minimum atomic E-state index is -4.20. The Morgan fingerprint density at radius 3 is 1.73 bits per heavy atom. The molecule has 0 saturated heterocycles. The Balaban J connectivity index is 2.06. The summed E-state index contributed by atoms with van der Waals surface area (Å²) in [6, 6.07) is 22.8.